The molecule has 0 spiro atoms. The van der Waals surface area contributed by atoms with Gasteiger partial charge in [0.05, 0.1) is 0 Å². The van der Waals surface area contributed by atoms with Crippen LogP contribution in [0.2, 0.25) is 0 Å². The highest BCUT2D eigenvalue weighted by Gasteiger charge is 2.15. The minimum absolute atomic E-state index is 0.262. The highest BCUT2D eigenvalue weighted by Crippen LogP contribution is 2.13. The van der Waals surface area contributed by atoms with Crippen LogP contribution in [-0.2, 0) is 4.74 Å². The average molecular weight is 308 g/mol. The molecule has 1 rings (SSSR count). The largest absolute Gasteiger partial charge is 0.444 e. The third-order valence-corrected chi connectivity index (χ3v) is 2.49. The normalized spacial score (nSPS) is 10.5. The number of alkyl carbamates (subject to hydrolysis) is 1. The summed E-state index contributed by atoms with van der Waals surface area (Å²) in [5.41, 5.74) is 1.11. The summed E-state index contributed by atoms with van der Waals surface area (Å²) in [7, 11) is 1.56. The van der Waals surface area contributed by atoms with Gasteiger partial charge in [-0.25, -0.2) is 9.59 Å². The summed E-state index contributed by atoms with van der Waals surface area (Å²) >= 11 is 0. The Kier molecular flexibility index (Phi) is 6.49. The van der Waals surface area contributed by atoms with E-state index in [-0.39, 0.29) is 6.03 Å². The lowest BCUT2D eigenvalue weighted by molar-refractivity contribution is 0.0530. The number of carbonyl (C=O) groups is 2. The maximum Gasteiger partial charge on any atom is 0.407 e. The van der Waals surface area contributed by atoms with E-state index in [4.69, 9.17) is 4.74 Å². The summed E-state index contributed by atoms with van der Waals surface area (Å²) in [5, 5.41) is 11.0. The molecule has 1 aromatic rings. The number of hydrogen-bond donors (Lipinski definition) is 4. The van der Waals surface area contributed by atoms with Gasteiger partial charge >= 0.3 is 12.1 Å². The molecule has 0 bridgehead atoms. The van der Waals surface area contributed by atoms with E-state index >= 15 is 0 Å². The number of anilines is 2. The topological polar surface area (TPSA) is 91.5 Å². The van der Waals surface area contributed by atoms with Crippen molar-refractivity contribution in [2.75, 3.05) is 30.8 Å². The molecule has 0 aromatic heterocycles. The number of urea groups is 1. The van der Waals surface area contributed by atoms with Crippen LogP contribution in [0.25, 0.3) is 0 Å². The zero-order valence-corrected chi connectivity index (χ0v) is 13.4. The van der Waals surface area contributed by atoms with Crippen molar-refractivity contribution >= 4 is 23.5 Å². The van der Waals surface area contributed by atoms with Crippen LogP contribution in [0, 0.1) is 0 Å². The predicted molar refractivity (Wildman–Crippen MR) is 87.2 cm³/mol. The minimum Gasteiger partial charge on any atom is -0.444 e. The van der Waals surface area contributed by atoms with Crippen LogP contribution < -0.4 is 21.3 Å². The van der Waals surface area contributed by atoms with Gasteiger partial charge in [-0.05, 0) is 45.0 Å². The highest BCUT2D eigenvalue weighted by molar-refractivity contribution is 5.89. The average Bonchev–Trinajstić information content (AvgIpc) is 2.43. The van der Waals surface area contributed by atoms with Crippen molar-refractivity contribution < 1.29 is 14.3 Å². The van der Waals surface area contributed by atoms with E-state index in [0.717, 1.165) is 5.69 Å². The highest BCUT2D eigenvalue weighted by atomic mass is 16.6. The molecule has 0 radical (unpaired) electrons. The van der Waals surface area contributed by atoms with Gasteiger partial charge in [0.15, 0.2) is 0 Å². The van der Waals surface area contributed by atoms with Gasteiger partial charge in [-0.1, -0.05) is 0 Å². The van der Waals surface area contributed by atoms with Gasteiger partial charge in [0.1, 0.15) is 5.60 Å². The molecule has 0 aliphatic rings. The summed E-state index contributed by atoms with van der Waals surface area (Å²) in [5.74, 6) is 0. The zero-order valence-electron chi connectivity index (χ0n) is 13.4. The van der Waals surface area contributed by atoms with Crippen LogP contribution in [0.5, 0.6) is 0 Å². The summed E-state index contributed by atoms with van der Waals surface area (Å²) in [6.45, 7) is 6.48. The minimum atomic E-state index is -0.495. The zero-order chi connectivity index (χ0) is 16.6. The van der Waals surface area contributed by atoms with Crippen LogP contribution in [0.15, 0.2) is 24.3 Å². The van der Waals surface area contributed by atoms with E-state index in [2.05, 4.69) is 21.3 Å². The predicted octanol–water partition coefficient (Wildman–Crippen LogP) is 2.37. The van der Waals surface area contributed by atoms with Crippen molar-refractivity contribution in [2.24, 2.45) is 0 Å². The number of ether oxygens (including phenoxy) is 1. The fourth-order valence-electron chi connectivity index (χ4n) is 1.55. The molecule has 0 fully saturated rings. The molecule has 4 N–H and O–H groups in total. The van der Waals surface area contributed by atoms with Crippen LogP contribution in [0.4, 0.5) is 21.0 Å². The number of carbonyl (C=O) groups excluding carboxylic acids is 2. The van der Waals surface area contributed by atoms with Gasteiger partial charge in [-0.2, -0.15) is 0 Å². The van der Waals surface area contributed by atoms with Crippen LogP contribution in [-0.4, -0.2) is 37.9 Å². The Morgan fingerprint density at radius 3 is 2.18 bits per heavy atom. The SMILES string of the molecule is CNC(=O)Nc1ccc(NCCNC(=O)OC(C)(C)C)cc1. The first-order valence-electron chi connectivity index (χ1n) is 7.09. The molecule has 0 aliphatic carbocycles. The van der Waals surface area contributed by atoms with Gasteiger partial charge in [0.25, 0.3) is 0 Å². The second kappa shape index (κ2) is 8.11. The molecule has 22 heavy (non-hydrogen) atoms. The summed E-state index contributed by atoms with van der Waals surface area (Å²) in [6.07, 6.45) is -0.431. The van der Waals surface area contributed by atoms with Crippen LogP contribution in [0.3, 0.4) is 0 Å². The molecule has 0 atom stereocenters. The molecule has 7 nitrogen and oxygen atoms in total. The third-order valence-electron chi connectivity index (χ3n) is 2.49. The lowest BCUT2D eigenvalue weighted by atomic mass is 10.2. The molecule has 0 unspecified atom stereocenters. The molecule has 1 aromatic carbocycles. The lowest BCUT2D eigenvalue weighted by Crippen LogP contribution is -2.34. The molecule has 3 amide bonds. The van der Waals surface area contributed by atoms with Crippen molar-refractivity contribution in [3.8, 4) is 0 Å². The summed E-state index contributed by atoms with van der Waals surface area (Å²) < 4.78 is 5.13. The summed E-state index contributed by atoms with van der Waals surface area (Å²) in [4.78, 5) is 22.6. The lowest BCUT2D eigenvalue weighted by Gasteiger charge is -2.19. The second-order valence-electron chi connectivity index (χ2n) is 5.64. The van der Waals surface area contributed by atoms with Crippen molar-refractivity contribution in [1.29, 1.82) is 0 Å². The Morgan fingerprint density at radius 1 is 1.05 bits per heavy atom. The number of nitrogens with one attached hydrogen (secondary N) is 4. The maximum absolute atomic E-state index is 11.4. The van der Waals surface area contributed by atoms with Gasteiger partial charge in [0, 0.05) is 31.5 Å². The van der Waals surface area contributed by atoms with Crippen LogP contribution >= 0.6 is 0 Å². The standard InChI is InChI=1S/C15H24N4O3/c1-15(2,3)22-14(21)18-10-9-17-11-5-7-12(8-6-11)19-13(20)16-4/h5-8,17H,9-10H2,1-4H3,(H,18,21)(H2,16,19,20). The first-order valence-corrected chi connectivity index (χ1v) is 7.09. The maximum atomic E-state index is 11.4. The quantitative estimate of drug-likeness (QED) is 0.629. The molecule has 0 aliphatic heterocycles. The Morgan fingerprint density at radius 2 is 1.64 bits per heavy atom. The van der Waals surface area contributed by atoms with Crippen molar-refractivity contribution in [1.82, 2.24) is 10.6 Å². The fraction of sp³-hybridized carbons (Fsp3) is 0.467. The molecule has 0 heterocycles. The van der Waals surface area contributed by atoms with E-state index < -0.39 is 11.7 Å². The molecule has 7 heteroatoms. The number of benzene rings is 1. The molecule has 0 saturated carbocycles. The van der Waals surface area contributed by atoms with Gasteiger partial charge < -0.3 is 26.0 Å². The Hall–Kier alpha value is -2.44. The fourth-order valence-corrected chi connectivity index (χ4v) is 1.55. The Balaban J connectivity index is 2.28. The van der Waals surface area contributed by atoms with Crippen LogP contribution in [0.1, 0.15) is 20.8 Å². The van der Waals surface area contributed by atoms with E-state index in [9.17, 15) is 9.59 Å². The van der Waals surface area contributed by atoms with E-state index in [0.29, 0.717) is 18.8 Å². The molecule has 122 valence electrons. The number of amides is 3. The third kappa shape index (κ3) is 7.37. The molecule has 0 saturated heterocycles. The van der Waals surface area contributed by atoms with Crippen molar-refractivity contribution in [3.05, 3.63) is 24.3 Å². The van der Waals surface area contributed by atoms with Gasteiger partial charge in [-0.15, -0.1) is 0 Å². The molecular formula is C15H24N4O3. The second-order valence-corrected chi connectivity index (χ2v) is 5.64. The van der Waals surface area contributed by atoms with E-state index in [1.54, 1.807) is 19.2 Å². The van der Waals surface area contributed by atoms with Crippen molar-refractivity contribution in [3.63, 3.8) is 0 Å². The molecular weight excluding hydrogens is 284 g/mol. The van der Waals surface area contributed by atoms with Crippen molar-refractivity contribution in [2.45, 2.75) is 26.4 Å². The first kappa shape index (κ1) is 17.6. The summed E-state index contributed by atoms with van der Waals surface area (Å²) in [6, 6.07) is 7.01. The van der Waals surface area contributed by atoms with E-state index in [1.165, 1.54) is 0 Å². The monoisotopic (exact) mass is 308 g/mol. The van der Waals surface area contributed by atoms with E-state index in [1.807, 2.05) is 32.9 Å². The van der Waals surface area contributed by atoms with Gasteiger partial charge in [-0.3, -0.25) is 0 Å². The Labute approximate surface area is 130 Å². The number of rotatable bonds is 5. The smallest absolute Gasteiger partial charge is 0.407 e. The Bertz CT molecular complexity index is 495. The van der Waals surface area contributed by atoms with Gasteiger partial charge in [0.2, 0.25) is 0 Å². The first-order chi connectivity index (χ1) is 10.3. The number of hydrogen-bond acceptors (Lipinski definition) is 4.